The van der Waals surface area contributed by atoms with Crippen LogP contribution >= 0.6 is 0 Å². The first-order chi connectivity index (χ1) is 6.36. The number of hydrogen-bond donors (Lipinski definition) is 0. The summed E-state index contributed by atoms with van der Waals surface area (Å²) >= 11 is 0. The van der Waals surface area contributed by atoms with E-state index in [-0.39, 0.29) is 0 Å². The zero-order valence-electron chi connectivity index (χ0n) is 7.36. The second kappa shape index (κ2) is 3.35. The van der Waals surface area contributed by atoms with Crippen LogP contribution in [0.1, 0.15) is 5.69 Å². The van der Waals surface area contributed by atoms with E-state index in [0.29, 0.717) is 0 Å². The van der Waals surface area contributed by atoms with E-state index in [2.05, 4.69) is 16.2 Å². The maximum Gasteiger partial charge on any atom is 0.0886 e. The third-order valence-corrected chi connectivity index (χ3v) is 1.86. The van der Waals surface area contributed by atoms with E-state index in [4.69, 9.17) is 0 Å². The Kier molecular flexibility index (Phi) is 2.04. The summed E-state index contributed by atoms with van der Waals surface area (Å²) in [5.74, 6) is 0. The number of rotatable bonds is 1. The highest BCUT2D eigenvalue weighted by Gasteiger charge is 1.95. The molecule has 63 valence electrons. The van der Waals surface area contributed by atoms with Gasteiger partial charge in [-0.25, -0.2) is 0 Å². The highest BCUT2D eigenvalue weighted by Crippen LogP contribution is 2.15. The maximum absolute atomic E-state index is 4.22. The molecule has 0 amide bonds. The Morgan fingerprint density at radius 1 is 1.08 bits per heavy atom. The van der Waals surface area contributed by atoms with Crippen molar-refractivity contribution in [1.29, 1.82) is 0 Å². The van der Waals surface area contributed by atoms with Gasteiger partial charge in [0, 0.05) is 29.2 Å². The van der Waals surface area contributed by atoms with Crippen LogP contribution in [0.4, 0.5) is 0 Å². The molecule has 0 saturated heterocycles. The predicted molar refractivity (Wildman–Crippen MR) is 51.0 cm³/mol. The molecule has 2 aromatic heterocycles. The van der Waals surface area contributed by atoms with Crippen LogP contribution in [0.2, 0.25) is 0 Å². The van der Waals surface area contributed by atoms with Crippen LogP contribution in [0.25, 0.3) is 11.1 Å². The van der Waals surface area contributed by atoms with Crippen molar-refractivity contribution in [2.75, 3.05) is 0 Å². The summed E-state index contributed by atoms with van der Waals surface area (Å²) in [4.78, 5) is 8.15. The first-order valence-electron chi connectivity index (χ1n) is 4.11. The second-order valence-corrected chi connectivity index (χ2v) is 2.86. The van der Waals surface area contributed by atoms with Gasteiger partial charge in [0.05, 0.1) is 6.20 Å². The molecule has 0 atom stereocenters. The Labute approximate surface area is 77.3 Å². The van der Waals surface area contributed by atoms with Gasteiger partial charge >= 0.3 is 0 Å². The number of hydrogen-bond acceptors (Lipinski definition) is 2. The molecule has 0 aromatic carbocycles. The highest BCUT2D eigenvalue weighted by atomic mass is 14.7. The Bertz CT molecular complexity index is 379. The summed E-state index contributed by atoms with van der Waals surface area (Å²) < 4.78 is 0. The third-order valence-electron chi connectivity index (χ3n) is 1.86. The average Bonchev–Trinajstić information content (AvgIpc) is 2.20. The average molecular weight is 169 g/mol. The largest absolute Gasteiger partial charge is 0.261 e. The first kappa shape index (κ1) is 7.92. The number of pyridine rings is 2. The molecule has 0 fully saturated rings. The Balaban J connectivity index is 2.42. The Morgan fingerprint density at radius 2 is 1.92 bits per heavy atom. The van der Waals surface area contributed by atoms with Crippen LogP contribution < -0.4 is 0 Å². The SMILES string of the molecule is Cc1ccc(-c2cc[c]nc2)cn1. The molecule has 1 radical (unpaired) electrons. The molecule has 0 aliphatic heterocycles. The quantitative estimate of drug-likeness (QED) is 0.654. The summed E-state index contributed by atoms with van der Waals surface area (Å²) in [5, 5.41) is 0. The van der Waals surface area contributed by atoms with Crippen molar-refractivity contribution >= 4 is 0 Å². The van der Waals surface area contributed by atoms with Crippen molar-refractivity contribution in [3.8, 4) is 11.1 Å². The van der Waals surface area contributed by atoms with Gasteiger partial charge in [0.15, 0.2) is 0 Å². The van der Waals surface area contributed by atoms with Crippen molar-refractivity contribution < 1.29 is 0 Å². The van der Waals surface area contributed by atoms with Gasteiger partial charge in [-0.2, -0.15) is 0 Å². The standard InChI is InChI=1S/C11H9N2/c1-9-4-5-11(8-13-9)10-3-2-6-12-7-10/h2-5,7-8H,1H3. The van der Waals surface area contributed by atoms with Crippen LogP contribution in [0, 0.1) is 13.1 Å². The van der Waals surface area contributed by atoms with Crippen molar-refractivity contribution in [3.05, 3.63) is 48.5 Å². The van der Waals surface area contributed by atoms with Gasteiger partial charge in [-0.3, -0.25) is 9.97 Å². The van der Waals surface area contributed by atoms with E-state index in [1.54, 1.807) is 12.3 Å². The smallest absolute Gasteiger partial charge is 0.0886 e. The van der Waals surface area contributed by atoms with Crippen molar-refractivity contribution in [2.45, 2.75) is 6.92 Å². The van der Waals surface area contributed by atoms with Gasteiger partial charge in [0.25, 0.3) is 0 Å². The summed E-state index contributed by atoms with van der Waals surface area (Å²) in [6, 6.07) is 7.81. The van der Waals surface area contributed by atoms with Gasteiger partial charge in [0.1, 0.15) is 0 Å². The lowest BCUT2D eigenvalue weighted by Gasteiger charge is -1.99. The third kappa shape index (κ3) is 1.72. The predicted octanol–water partition coefficient (Wildman–Crippen LogP) is 2.25. The molecule has 0 saturated carbocycles. The number of nitrogens with zero attached hydrogens (tertiary/aromatic N) is 2. The molecule has 0 aliphatic rings. The van der Waals surface area contributed by atoms with E-state index in [9.17, 15) is 0 Å². The molecule has 2 heteroatoms. The maximum atomic E-state index is 4.22. The molecule has 2 aromatic rings. The van der Waals surface area contributed by atoms with Gasteiger partial charge in [-0.05, 0) is 19.1 Å². The van der Waals surface area contributed by atoms with E-state index in [0.717, 1.165) is 16.8 Å². The Hall–Kier alpha value is -1.70. The normalized spacial score (nSPS) is 9.92. The monoisotopic (exact) mass is 169 g/mol. The number of aromatic nitrogens is 2. The molecular formula is C11H9N2. The molecule has 0 bridgehead atoms. The van der Waals surface area contributed by atoms with Crippen LogP contribution in [0.15, 0.2) is 36.7 Å². The lowest BCUT2D eigenvalue weighted by Crippen LogP contribution is -1.83. The van der Waals surface area contributed by atoms with Gasteiger partial charge < -0.3 is 0 Å². The van der Waals surface area contributed by atoms with E-state index < -0.39 is 0 Å². The minimum atomic E-state index is 1.03. The molecule has 0 spiro atoms. The fourth-order valence-corrected chi connectivity index (χ4v) is 1.13. The van der Waals surface area contributed by atoms with Crippen LogP contribution in [0.3, 0.4) is 0 Å². The van der Waals surface area contributed by atoms with Crippen LogP contribution in [0.5, 0.6) is 0 Å². The Morgan fingerprint density at radius 3 is 2.54 bits per heavy atom. The zero-order valence-corrected chi connectivity index (χ0v) is 7.36. The second-order valence-electron chi connectivity index (χ2n) is 2.86. The van der Waals surface area contributed by atoms with Crippen molar-refractivity contribution in [3.63, 3.8) is 0 Å². The lowest BCUT2D eigenvalue weighted by atomic mass is 10.1. The number of aryl methyl sites for hydroxylation is 1. The fourth-order valence-electron chi connectivity index (χ4n) is 1.13. The van der Waals surface area contributed by atoms with Crippen molar-refractivity contribution in [1.82, 2.24) is 9.97 Å². The fraction of sp³-hybridized carbons (Fsp3) is 0.0909. The first-order valence-corrected chi connectivity index (χ1v) is 4.11. The minimum Gasteiger partial charge on any atom is -0.261 e. The van der Waals surface area contributed by atoms with E-state index >= 15 is 0 Å². The minimum absolute atomic E-state index is 1.03. The zero-order chi connectivity index (χ0) is 9.10. The topological polar surface area (TPSA) is 25.8 Å². The molecule has 2 rings (SSSR count). The summed E-state index contributed by atoms with van der Waals surface area (Å²) in [5.41, 5.74) is 3.19. The van der Waals surface area contributed by atoms with Gasteiger partial charge in [-0.1, -0.05) is 12.1 Å². The van der Waals surface area contributed by atoms with Crippen molar-refractivity contribution in [2.24, 2.45) is 0 Å². The molecule has 0 aliphatic carbocycles. The summed E-state index contributed by atoms with van der Waals surface area (Å²) in [6.45, 7) is 1.97. The van der Waals surface area contributed by atoms with E-state index in [1.165, 1.54) is 0 Å². The van der Waals surface area contributed by atoms with Crippen LogP contribution in [-0.2, 0) is 0 Å². The molecule has 2 heterocycles. The van der Waals surface area contributed by atoms with Gasteiger partial charge in [0.2, 0.25) is 0 Å². The molecular weight excluding hydrogens is 160 g/mol. The lowest BCUT2D eigenvalue weighted by molar-refractivity contribution is 1.20. The highest BCUT2D eigenvalue weighted by molar-refractivity contribution is 5.60. The molecule has 2 nitrogen and oxygen atoms in total. The summed E-state index contributed by atoms with van der Waals surface area (Å²) in [7, 11) is 0. The van der Waals surface area contributed by atoms with Gasteiger partial charge in [-0.15, -0.1) is 0 Å². The molecule has 0 unspecified atom stereocenters. The molecule has 13 heavy (non-hydrogen) atoms. The molecule has 0 N–H and O–H groups in total. The van der Waals surface area contributed by atoms with Crippen LogP contribution in [-0.4, -0.2) is 9.97 Å². The van der Waals surface area contributed by atoms with E-state index in [1.807, 2.05) is 31.3 Å². The summed E-state index contributed by atoms with van der Waals surface area (Å²) in [6.07, 6.45) is 6.38.